The monoisotopic (exact) mass is 413 g/mol. The first-order valence-electron chi connectivity index (χ1n) is 11.1. The number of nitrogens with zero attached hydrogens (tertiary/aromatic N) is 3. The molecule has 2 amide bonds. The maximum absolute atomic E-state index is 13.0. The van der Waals surface area contributed by atoms with Gasteiger partial charge in [-0.05, 0) is 47.0 Å². The molecule has 0 aromatic heterocycles. The SMILES string of the molecule is O=C(c1ccc(N2CCCC2=O)cc1)N1CCN(Cc2cccc3ccccc23)CC1. The van der Waals surface area contributed by atoms with E-state index in [1.807, 2.05) is 29.2 Å². The topological polar surface area (TPSA) is 43.9 Å². The molecule has 0 N–H and O–H groups in total. The number of carbonyl (C=O) groups is 2. The van der Waals surface area contributed by atoms with Crippen LogP contribution >= 0.6 is 0 Å². The lowest BCUT2D eigenvalue weighted by Gasteiger charge is -2.35. The number of benzene rings is 3. The van der Waals surface area contributed by atoms with E-state index in [0.29, 0.717) is 12.0 Å². The second kappa shape index (κ2) is 8.52. The molecule has 5 nitrogen and oxygen atoms in total. The van der Waals surface area contributed by atoms with Gasteiger partial charge in [-0.15, -0.1) is 0 Å². The molecular formula is C26H27N3O2. The molecule has 5 rings (SSSR count). The molecule has 2 fully saturated rings. The Morgan fingerprint density at radius 1 is 0.806 bits per heavy atom. The Hall–Kier alpha value is -3.18. The van der Waals surface area contributed by atoms with Gasteiger partial charge in [-0.25, -0.2) is 0 Å². The Morgan fingerprint density at radius 3 is 2.29 bits per heavy atom. The molecule has 0 bridgehead atoms. The summed E-state index contributed by atoms with van der Waals surface area (Å²) in [6.45, 7) is 4.88. The fourth-order valence-corrected chi connectivity index (χ4v) is 4.67. The van der Waals surface area contributed by atoms with Crippen LogP contribution in [0.15, 0.2) is 66.7 Å². The third-order valence-corrected chi connectivity index (χ3v) is 6.43. The van der Waals surface area contributed by atoms with E-state index >= 15 is 0 Å². The lowest BCUT2D eigenvalue weighted by atomic mass is 10.0. The van der Waals surface area contributed by atoms with Gasteiger partial charge in [0.25, 0.3) is 5.91 Å². The van der Waals surface area contributed by atoms with E-state index in [9.17, 15) is 9.59 Å². The van der Waals surface area contributed by atoms with Crippen molar-refractivity contribution in [2.45, 2.75) is 19.4 Å². The lowest BCUT2D eigenvalue weighted by molar-refractivity contribution is -0.117. The number of carbonyl (C=O) groups excluding carboxylic acids is 2. The fourth-order valence-electron chi connectivity index (χ4n) is 4.67. The summed E-state index contributed by atoms with van der Waals surface area (Å²) in [7, 11) is 0. The van der Waals surface area contributed by atoms with Gasteiger partial charge in [-0.2, -0.15) is 0 Å². The van der Waals surface area contributed by atoms with E-state index in [2.05, 4.69) is 47.4 Å². The van der Waals surface area contributed by atoms with Gasteiger partial charge in [-0.3, -0.25) is 14.5 Å². The second-order valence-electron chi connectivity index (χ2n) is 8.40. The van der Waals surface area contributed by atoms with Gasteiger partial charge in [-0.1, -0.05) is 42.5 Å². The summed E-state index contributed by atoms with van der Waals surface area (Å²) in [5.74, 6) is 0.241. The van der Waals surface area contributed by atoms with Gasteiger partial charge in [0.15, 0.2) is 0 Å². The number of hydrogen-bond acceptors (Lipinski definition) is 3. The zero-order chi connectivity index (χ0) is 21.2. The van der Waals surface area contributed by atoms with Gasteiger partial charge in [0.05, 0.1) is 0 Å². The zero-order valence-corrected chi connectivity index (χ0v) is 17.7. The van der Waals surface area contributed by atoms with Crippen LogP contribution in [0.2, 0.25) is 0 Å². The van der Waals surface area contributed by atoms with Crippen LogP contribution in [-0.4, -0.2) is 54.3 Å². The molecule has 0 radical (unpaired) electrons. The molecule has 158 valence electrons. The van der Waals surface area contributed by atoms with Crippen LogP contribution in [0.25, 0.3) is 10.8 Å². The summed E-state index contributed by atoms with van der Waals surface area (Å²) < 4.78 is 0. The Balaban J connectivity index is 1.20. The van der Waals surface area contributed by atoms with Gasteiger partial charge in [0, 0.05) is 56.9 Å². The van der Waals surface area contributed by atoms with E-state index in [0.717, 1.165) is 51.4 Å². The van der Waals surface area contributed by atoms with Crippen LogP contribution < -0.4 is 4.90 Å². The van der Waals surface area contributed by atoms with Crippen LogP contribution in [0, 0.1) is 0 Å². The molecule has 2 heterocycles. The Kier molecular flexibility index (Phi) is 5.43. The largest absolute Gasteiger partial charge is 0.336 e. The van der Waals surface area contributed by atoms with Crippen molar-refractivity contribution in [1.29, 1.82) is 0 Å². The van der Waals surface area contributed by atoms with Gasteiger partial charge < -0.3 is 9.80 Å². The predicted octanol–water partition coefficient (Wildman–Crippen LogP) is 3.92. The molecule has 3 aromatic rings. The van der Waals surface area contributed by atoms with Crippen molar-refractivity contribution in [3.05, 3.63) is 77.9 Å². The quantitative estimate of drug-likeness (QED) is 0.651. The number of amides is 2. The summed E-state index contributed by atoms with van der Waals surface area (Å²) in [4.78, 5) is 31.1. The van der Waals surface area contributed by atoms with Crippen LogP contribution in [0.1, 0.15) is 28.8 Å². The number of piperazine rings is 1. The molecular weight excluding hydrogens is 386 g/mol. The summed E-state index contributed by atoms with van der Waals surface area (Å²) in [6.07, 6.45) is 1.52. The molecule has 2 aliphatic rings. The summed E-state index contributed by atoms with van der Waals surface area (Å²) in [5, 5.41) is 2.58. The molecule has 0 atom stereocenters. The van der Waals surface area contributed by atoms with Crippen molar-refractivity contribution in [1.82, 2.24) is 9.80 Å². The van der Waals surface area contributed by atoms with Gasteiger partial charge in [0.2, 0.25) is 5.91 Å². The molecule has 2 saturated heterocycles. The highest BCUT2D eigenvalue weighted by atomic mass is 16.2. The van der Waals surface area contributed by atoms with Crippen LogP contribution in [0.5, 0.6) is 0 Å². The maximum atomic E-state index is 13.0. The molecule has 5 heteroatoms. The molecule has 0 unspecified atom stereocenters. The second-order valence-corrected chi connectivity index (χ2v) is 8.40. The van der Waals surface area contributed by atoms with E-state index in [-0.39, 0.29) is 11.8 Å². The molecule has 31 heavy (non-hydrogen) atoms. The third-order valence-electron chi connectivity index (χ3n) is 6.43. The Labute approximate surface area is 182 Å². The van der Waals surface area contributed by atoms with Crippen molar-refractivity contribution >= 4 is 28.3 Å². The third kappa shape index (κ3) is 4.06. The number of hydrogen-bond donors (Lipinski definition) is 0. The first-order valence-corrected chi connectivity index (χ1v) is 11.1. The first kappa shape index (κ1) is 19.8. The fraction of sp³-hybridized carbons (Fsp3) is 0.308. The van der Waals surface area contributed by atoms with E-state index < -0.39 is 0 Å². The molecule has 3 aromatic carbocycles. The minimum absolute atomic E-state index is 0.0732. The predicted molar refractivity (Wildman–Crippen MR) is 123 cm³/mol. The van der Waals surface area contributed by atoms with E-state index in [1.54, 1.807) is 4.90 Å². The average Bonchev–Trinajstić information content (AvgIpc) is 3.25. The first-order chi connectivity index (χ1) is 15.2. The minimum Gasteiger partial charge on any atom is -0.336 e. The Bertz CT molecular complexity index is 1100. The molecule has 0 saturated carbocycles. The summed E-state index contributed by atoms with van der Waals surface area (Å²) in [6, 6.07) is 22.5. The van der Waals surface area contributed by atoms with E-state index in [4.69, 9.17) is 0 Å². The number of anilines is 1. The number of fused-ring (bicyclic) bond motifs is 1. The smallest absolute Gasteiger partial charge is 0.253 e. The van der Waals surface area contributed by atoms with Gasteiger partial charge in [0.1, 0.15) is 0 Å². The highest BCUT2D eigenvalue weighted by Crippen LogP contribution is 2.23. The van der Waals surface area contributed by atoms with Gasteiger partial charge >= 0.3 is 0 Å². The highest BCUT2D eigenvalue weighted by Gasteiger charge is 2.24. The van der Waals surface area contributed by atoms with Crippen molar-refractivity contribution in [2.24, 2.45) is 0 Å². The Morgan fingerprint density at radius 2 is 1.55 bits per heavy atom. The van der Waals surface area contributed by atoms with Crippen molar-refractivity contribution in [3.8, 4) is 0 Å². The standard InChI is InChI=1S/C26H27N3O2/c30-25-9-4-14-29(25)23-12-10-21(11-13-23)26(31)28-17-15-27(16-18-28)19-22-7-3-6-20-5-1-2-8-24(20)22/h1-3,5-8,10-13H,4,9,14-19H2. The van der Waals surface area contributed by atoms with Crippen LogP contribution in [-0.2, 0) is 11.3 Å². The average molecular weight is 414 g/mol. The zero-order valence-electron chi connectivity index (χ0n) is 17.7. The van der Waals surface area contributed by atoms with Crippen molar-refractivity contribution < 1.29 is 9.59 Å². The van der Waals surface area contributed by atoms with Crippen LogP contribution in [0.4, 0.5) is 5.69 Å². The van der Waals surface area contributed by atoms with E-state index in [1.165, 1.54) is 16.3 Å². The molecule has 0 spiro atoms. The summed E-state index contributed by atoms with van der Waals surface area (Å²) >= 11 is 0. The highest BCUT2D eigenvalue weighted by molar-refractivity contribution is 5.97. The normalized spacial score (nSPS) is 17.5. The molecule has 2 aliphatic heterocycles. The maximum Gasteiger partial charge on any atom is 0.253 e. The number of rotatable bonds is 4. The van der Waals surface area contributed by atoms with Crippen molar-refractivity contribution in [3.63, 3.8) is 0 Å². The van der Waals surface area contributed by atoms with Crippen molar-refractivity contribution in [2.75, 3.05) is 37.6 Å². The van der Waals surface area contributed by atoms with Crippen LogP contribution in [0.3, 0.4) is 0 Å². The summed E-state index contributed by atoms with van der Waals surface area (Å²) in [5.41, 5.74) is 2.92. The minimum atomic E-state index is 0.0732. The lowest BCUT2D eigenvalue weighted by Crippen LogP contribution is -2.48. The molecule has 0 aliphatic carbocycles.